The number of quaternary nitrogens is 2. The molecule has 1 aliphatic rings. The predicted octanol–water partition coefficient (Wildman–Crippen LogP) is -0.0268. The lowest BCUT2D eigenvalue weighted by Crippen LogP contribution is -3.28. The van der Waals surface area contributed by atoms with Crippen LogP contribution in [0.25, 0.3) is 0 Å². The molecule has 0 aliphatic carbocycles. The Morgan fingerprint density at radius 2 is 1.59 bits per heavy atom. The Morgan fingerprint density at radius 3 is 2.10 bits per heavy atom. The lowest BCUT2D eigenvalue weighted by Gasteiger charge is -2.36. The number of piperazine rings is 1. The van der Waals surface area contributed by atoms with Crippen molar-refractivity contribution in [2.75, 3.05) is 44.6 Å². The van der Waals surface area contributed by atoms with Crippen LogP contribution in [0.1, 0.15) is 40.5 Å². The lowest BCUT2D eigenvalue weighted by atomic mass is 10.1. The van der Waals surface area contributed by atoms with E-state index in [-0.39, 0.29) is 29.7 Å². The minimum atomic E-state index is -0.360. The zero-order chi connectivity index (χ0) is 21.4. The molecule has 0 bridgehead atoms. The molecule has 1 saturated heterocycles. The van der Waals surface area contributed by atoms with Gasteiger partial charge in [0.15, 0.2) is 13.1 Å². The summed E-state index contributed by atoms with van der Waals surface area (Å²) in [4.78, 5) is 29.7. The van der Waals surface area contributed by atoms with Crippen molar-refractivity contribution in [2.24, 2.45) is 0 Å². The van der Waals surface area contributed by atoms with Crippen LogP contribution in [-0.2, 0) is 9.59 Å². The molecule has 1 aromatic carbocycles. The molecule has 0 spiro atoms. The van der Waals surface area contributed by atoms with Gasteiger partial charge in [-0.2, -0.15) is 0 Å². The first-order valence-electron chi connectivity index (χ1n) is 10.9. The number of anilines is 1. The molecule has 1 heterocycles. The van der Waals surface area contributed by atoms with Gasteiger partial charge in [-0.25, -0.2) is 4.39 Å². The van der Waals surface area contributed by atoms with Crippen LogP contribution in [-0.4, -0.2) is 68.1 Å². The van der Waals surface area contributed by atoms with Crippen LogP contribution in [0.4, 0.5) is 10.1 Å². The summed E-state index contributed by atoms with van der Waals surface area (Å²) in [7, 11) is 0. The maximum Gasteiger partial charge on any atom is 0.279 e. The molecule has 1 aromatic rings. The van der Waals surface area contributed by atoms with Crippen molar-refractivity contribution in [2.45, 2.75) is 52.6 Å². The second-order valence-electron chi connectivity index (χ2n) is 8.23. The van der Waals surface area contributed by atoms with Crippen molar-refractivity contribution in [3.8, 4) is 0 Å². The first kappa shape index (κ1) is 23.3. The van der Waals surface area contributed by atoms with Gasteiger partial charge in [-0.05, 0) is 44.9 Å². The molecule has 1 fully saturated rings. The molecule has 162 valence electrons. The number of amides is 2. The van der Waals surface area contributed by atoms with Gasteiger partial charge in [-0.1, -0.05) is 19.9 Å². The van der Waals surface area contributed by atoms with Gasteiger partial charge in [0.2, 0.25) is 0 Å². The Kier molecular flexibility index (Phi) is 9.04. The highest BCUT2D eigenvalue weighted by atomic mass is 19.1. The van der Waals surface area contributed by atoms with E-state index in [1.807, 2.05) is 0 Å². The molecule has 0 saturated carbocycles. The highest BCUT2D eigenvalue weighted by Crippen LogP contribution is 2.11. The molecule has 0 aromatic heterocycles. The zero-order valence-electron chi connectivity index (χ0n) is 18.3. The highest BCUT2D eigenvalue weighted by Gasteiger charge is 2.30. The van der Waals surface area contributed by atoms with Gasteiger partial charge in [0, 0.05) is 17.8 Å². The number of rotatable bonds is 9. The number of halogens is 1. The van der Waals surface area contributed by atoms with Crippen molar-refractivity contribution >= 4 is 17.5 Å². The van der Waals surface area contributed by atoms with E-state index < -0.39 is 0 Å². The van der Waals surface area contributed by atoms with Gasteiger partial charge >= 0.3 is 0 Å². The van der Waals surface area contributed by atoms with E-state index in [2.05, 4.69) is 37.9 Å². The van der Waals surface area contributed by atoms with Gasteiger partial charge in [0.05, 0.1) is 0 Å². The van der Waals surface area contributed by atoms with Crippen LogP contribution in [0.3, 0.4) is 0 Å². The van der Waals surface area contributed by atoms with Crippen LogP contribution in [0.5, 0.6) is 0 Å². The zero-order valence-corrected chi connectivity index (χ0v) is 18.3. The SMILES string of the molecule is CC[C@@H](C)N(C(=O)C[NH+]1CC[NH+](CC(=O)Nc2cccc(F)c2)CC1)[C@@H](C)CC. The van der Waals surface area contributed by atoms with E-state index in [1.54, 1.807) is 12.1 Å². The van der Waals surface area contributed by atoms with Crippen LogP contribution in [0.2, 0.25) is 0 Å². The number of nitrogens with one attached hydrogen (secondary N) is 3. The fourth-order valence-electron chi connectivity index (χ4n) is 3.93. The van der Waals surface area contributed by atoms with E-state index in [0.717, 1.165) is 39.0 Å². The first-order valence-corrected chi connectivity index (χ1v) is 10.9. The van der Waals surface area contributed by atoms with Crippen LogP contribution < -0.4 is 15.1 Å². The molecule has 6 nitrogen and oxygen atoms in total. The smallest absolute Gasteiger partial charge is 0.279 e. The minimum absolute atomic E-state index is 0.107. The number of carbonyl (C=O) groups is 2. The minimum Gasteiger partial charge on any atom is -0.332 e. The molecule has 0 radical (unpaired) electrons. The molecule has 29 heavy (non-hydrogen) atoms. The molecule has 7 heteroatoms. The Balaban J connectivity index is 1.79. The van der Waals surface area contributed by atoms with Crippen LogP contribution in [0, 0.1) is 5.82 Å². The van der Waals surface area contributed by atoms with E-state index >= 15 is 0 Å². The largest absolute Gasteiger partial charge is 0.332 e. The fraction of sp³-hybridized carbons (Fsp3) is 0.636. The Labute approximate surface area is 174 Å². The average molecular weight is 409 g/mol. The monoisotopic (exact) mass is 408 g/mol. The summed E-state index contributed by atoms with van der Waals surface area (Å²) in [6.45, 7) is 12.8. The molecular formula is C22H37FN4O2+2. The number of hydrogen-bond acceptors (Lipinski definition) is 2. The van der Waals surface area contributed by atoms with Gasteiger partial charge in [0.25, 0.3) is 11.8 Å². The van der Waals surface area contributed by atoms with Crippen molar-refractivity contribution in [3.63, 3.8) is 0 Å². The first-order chi connectivity index (χ1) is 13.8. The number of carbonyl (C=O) groups excluding carboxylic acids is 2. The summed E-state index contributed by atoms with van der Waals surface area (Å²) < 4.78 is 13.2. The topological polar surface area (TPSA) is 58.3 Å². The number of nitrogens with zero attached hydrogens (tertiary/aromatic N) is 1. The summed E-state index contributed by atoms with van der Waals surface area (Å²) in [5.41, 5.74) is 0.486. The van der Waals surface area contributed by atoms with E-state index in [9.17, 15) is 14.0 Å². The Bertz CT molecular complexity index is 667. The fourth-order valence-corrected chi connectivity index (χ4v) is 3.93. The standard InChI is InChI=1S/C22H35FN4O2/c1-5-17(3)27(18(4)6-2)22(29)16-26-12-10-25(11-13-26)15-21(28)24-20-9-7-8-19(23)14-20/h7-9,14,17-18H,5-6,10-13,15-16H2,1-4H3,(H,24,28)/p+2/t17-,18+. The summed E-state index contributed by atoms with van der Waals surface area (Å²) in [6.07, 6.45) is 1.92. The number of benzene rings is 1. The van der Waals surface area contributed by atoms with Crippen LogP contribution >= 0.6 is 0 Å². The van der Waals surface area contributed by atoms with Gasteiger partial charge in [-0.15, -0.1) is 0 Å². The maximum absolute atomic E-state index is 13.2. The lowest BCUT2D eigenvalue weighted by molar-refractivity contribution is -1.00. The molecule has 2 amide bonds. The molecule has 2 atom stereocenters. The maximum atomic E-state index is 13.2. The van der Waals surface area contributed by atoms with Crippen molar-refractivity contribution in [1.29, 1.82) is 0 Å². The summed E-state index contributed by atoms with van der Waals surface area (Å²) in [5, 5.41) is 2.76. The Morgan fingerprint density at radius 1 is 1.03 bits per heavy atom. The van der Waals surface area contributed by atoms with Crippen molar-refractivity contribution in [3.05, 3.63) is 30.1 Å². The number of hydrogen-bond donors (Lipinski definition) is 3. The second-order valence-corrected chi connectivity index (χ2v) is 8.23. The van der Waals surface area contributed by atoms with Gasteiger partial charge < -0.3 is 20.0 Å². The molecular weight excluding hydrogens is 371 g/mol. The van der Waals surface area contributed by atoms with Gasteiger partial charge in [-0.3, -0.25) is 9.59 Å². The summed E-state index contributed by atoms with van der Waals surface area (Å²) in [5.74, 6) is -0.235. The Hall–Kier alpha value is -1.99. The van der Waals surface area contributed by atoms with Crippen molar-refractivity contribution in [1.82, 2.24) is 4.90 Å². The second kappa shape index (κ2) is 11.3. The molecule has 2 rings (SSSR count). The third-order valence-electron chi connectivity index (χ3n) is 6.00. The van der Waals surface area contributed by atoms with Gasteiger partial charge in [0.1, 0.15) is 32.0 Å². The molecule has 0 unspecified atom stereocenters. The normalized spacial score (nSPS) is 21.3. The van der Waals surface area contributed by atoms with Crippen LogP contribution in [0.15, 0.2) is 24.3 Å². The van der Waals surface area contributed by atoms with E-state index in [4.69, 9.17) is 0 Å². The molecule has 3 N–H and O–H groups in total. The van der Waals surface area contributed by atoms with E-state index in [0.29, 0.717) is 18.8 Å². The van der Waals surface area contributed by atoms with E-state index in [1.165, 1.54) is 21.9 Å². The third kappa shape index (κ3) is 7.08. The highest BCUT2D eigenvalue weighted by molar-refractivity contribution is 5.91. The summed E-state index contributed by atoms with van der Waals surface area (Å²) >= 11 is 0. The third-order valence-corrected chi connectivity index (χ3v) is 6.00. The molecule has 1 aliphatic heterocycles. The quantitative estimate of drug-likeness (QED) is 0.538. The average Bonchev–Trinajstić information content (AvgIpc) is 2.69. The summed E-state index contributed by atoms with van der Waals surface area (Å²) in [6, 6.07) is 6.46. The predicted molar refractivity (Wildman–Crippen MR) is 113 cm³/mol. The van der Waals surface area contributed by atoms with Crippen molar-refractivity contribution < 1.29 is 23.8 Å².